The highest BCUT2D eigenvalue weighted by Gasteiger charge is 2.11. The molecule has 0 spiro atoms. The molecular weight excluding hydrogens is 224 g/mol. The Morgan fingerprint density at radius 1 is 1.33 bits per heavy atom. The van der Waals surface area contributed by atoms with Gasteiger partial charge in [0.2, 0.25) is 0 Å². The number of ketones is 1. The third-order valence-electron chi connectivity index (χ3n) is 2.95. The van der Waals surface area contributed by atoms with Gasteiger partial charge in [-0.2, -0.15) is 0 Å². The molecule has 0 bridgehead atoms. The minimum absolute atomic E-state index is 0.144. The molecule has 1 rings (SSSR count). The summed E-state index contributed by atoms with van der Waals surface area (Å²) in [5, 5.41) is 9.96. The highest BCUT2D eigenvalue weighted by molar-refractivity contribution is 5.79. The summed E-state index contributed by atoms with van der Waals surface area (Å²) >= 11 is 0. The van der Waals surface area contributed by atoms with Crippen molar-refractivity contribution in [3.8, 4) is 0 Å². The van der Waals surface area contributed by atoms with Gasteiger partial charge in [0.25, 0.3) is 0 Å². The zero-order valence-corrected chi connectivity index (χ0v) is 11.2. The highest BCUT2D eigenvalue weighted by Crippen LogP contribution is 2.13. The summed E-state index contributed by atoms with van der Waals surface area (Å²) in [6.45, 7) is 3.93. The second-order valence-electron chi connectivity index (χ2n) is 4.66. The van der Waals surface area contributed by atoms with Gasteiger partial charge >= 0.3 is 0 Å². The van der Waals surface area contributed by atoms with Crippen LogP contribution in [0.4, 0.5) is 0 Å². The normalized spacial score (nSPS) is 13.4. The van der Waals surface area contributed by atoms with Crippen molar-refractivity contribution in [2.24, 2.45) is 0 Å². The summed E-state index contributed by atoms with van der Waals surface area (Å²) in [5.41, 5.74) is 1.89. The first-order chi connectivity index (χ1) is 8.63. The number of benzene rings is 1. The van der Waals surface area contributed by atoms with Gasteiger partial charge in [0, 0.05) is 12.8 Å². The molecule has 0 aliphatic heterocycles. The van der Waals surface area contributed by atoms with Crippen LogP contribution in [0.1, 0.15) is 45.1 Å². The van der Waals surface area contributed by atoms with Crippen LogP contribution in [0.15, 0.2) is 35.9 Å². The number of hydrogen-bond acceptors (Lipinski definition) is 2. The minimum Gasteiger partial charge on any atom is -0.388 e. The minimum atomic E-state index is -0.658. The predicted molar refractivity (Wildman–Crippen MR) is 75.2 cm³/mol. The van der Waals surface area contributed by atoms with Crippen molar-refractivity contribution in [2.75, 3.05) is 0 Å². The molecule has 0 aliphatic carbocycles. The summed E-state index contributed by atoms with van der Waals surface area (Å²) < 4.78 is 0. The first-order valence-corrected chi connectivity index (χ1v) is 6.56. The van der Waals surface area contributed by atoms with Gasteiger partial charge < -0.3 is 5.11 Å². The second kappa shape index (κ2) is 7.83. The van der Waals surface area contributed by atoms with Crippen molar-refractivity contribution in [3.05, 3.63) is 41.5 Å². The monoisotopic (exact) mass is 246 g/mol. The number of aliphatic hydroxyl groups excluding tert-OH is 1. The van der Waals surface area contributed by atoms with E-state index in [1.807, 2.05) is 43.3 Å². The number of Topliss-reactive ketones (excluding diaryl/α,β-unsaturated/α-hetero) is 1. The van der Waals surface area contributed by atoms with Gasteiger partial charge in [-0.25, -0.2) is 0 Å². The summed E-state index contributed by atoms with van der Waals surface area (Å²) in [6.07, 6.45) is 4.00. The number of carbonyl (C=O) groups excluding carboxylic acids is 1. The average Bonchev–Trinajstić information content (AvgIpc) is 2.37. The Bertz CT molecular complexity index is 393. The standard InChI is InChI=1S/C16H22O2/c1-3-4-10-15(17)12-16(18)13(2)11-14-8-6-5-7-9-14/h5-9,11,16,18H,3-4,10,12H2,1-2H3/b13-11+/t16-/m1/s1. The molecule has 1 aromatic carbocycles. The Morgan fingerprint density at radius 2 is 2.00 bits per heavy atom. The van der Waals surface area contributed by atoms with Crippen molar-refractivity contribution in [1.82, 2.24) is 0 Å². The van der Waals surface area contributed by atoms with Crippen LogP contribution in [0.2, 0.25) is 0 Å². The van der Waals surface area contributed by atoms with Crippen molar-refractivity contribution in [3.63, 3.8) is 0 Å². The van der Waals surface area contributed by atoms with Crippen molar-refractivity contribution in [2.45, 2.75) is 45.6 Å². The van der Waals surface area contributed by atoms with Crippen molar-refractivity contribution >= 4 is 11.9 Å². The molecule has 0 saturated heterocycles. The van der Waals surface area contributed by atoms with E-state index in [4.69, 9.17) is 0 Å². The molecule has 1 aromatic rings. The fourth-order valence-corrected chi connectivity index (χ4v) is 1.76. The molecule has 1 atom stereocenters. The maximum Gasteiger partial charge on any atom is 0.135 e. The van der Waals surface area contributed by atoms with Gasteiger partial charge in [-0.05, 0) is 24.5 Å². The molecule has 1 N–H and O–H groups in total. The van der Waals surface area contributed by atoms with E-state index in [1.54, 1.807) is 0 Å². The molecular formula is C16H22O2. The Kier molecular flexibility index (Phi) is 6.37. The van der Waals surface area contributed by atoms with E-state index in [9.17, 15) is 9.90 Å². The predicted octanol–water partition coefficient (Wildman–Crippen LogP) is 3.60. The lowest BCUT2D eigenvalue weighted by Gasteiger charge is -2.10. The lowest BCUT2D eigenvalue weighted by atomic mass is 10.0. The van der Waals surface area contributed by atoms with Gasteiger partial charge in [-0.15, -0.1) is 0 Å². The first kappa shape index (κ1) is 14.7. The van der Waals surface area contributed by atoms with Crippen molar-refractivity contribution < 1.29 is 9.90 Å². The van der Waals surface area contributed by atoms with Crippen LogP contribution in [0.5, 0.6) is 0 Å². The summed E-state index contributed by atoms with van der Waals surface area (Å²) in [6, 6.07) is 9.83. The quantitative estimate of drug-likeness (QED) is 0.798. The van der Waals surface area contributed by atoms with Crippen LogP contribution in [0.3, 0.4) is 0 Å². The zero-order valence-electron chi connectivity index (χ0n) is 11.2. The SMILES string of the molecule is CCCCC(=O)C[C@@H](O)/C(C)=C/c1ccccc1. The number of aliphatic hydroxyl groups is 1. The largest absolute Gasteiger partial charge is 0.388 e. The van der Waals surface area contributed by atoms with Crippen LogP contribution >= 0.6 is 0 Å². The molecule has 18 heavy (non-hydrogen) atoms. The molecule has 98 valence electrons. The fourth-order valence-electron chi connectivity index (χ4n) is 1.76. The number of rotatable bonds is 7. The smallest absolute Gasteiger partial charge is 0.135 e. The van der Waals surface area contributed by atoms with Crippen molar-refractivity contribution in [1.29, 1.82) is 0 Å². The molecule has 0 fully saturated rings. The lowest BCUT2D eigenvalue weighted by molar-refractivity contribution is -0.120. The third-order valence-corrected chi connectivity index (χ3v) is 2.95. The van der Waals surface area contributed by atoms with Crippen LogP contribution in [-0.4, -0.2) is 17.0 Å². The Morgan fingerprint density at radius 3 is 2.61 bits per heavy atom. The molecule has 0 aliphatic rings. The Balaban J connectivity index is 2.53. The molecule has 0 unspecified atom stereocenters. The summed E-state index contributed by atoms with van der Waals surface area (Å²) in [4.78, 5) is 11.6. The molecule has 0 heterocycles. The third kappa shape index (κ3) is 5.28. The molecule has 0 aromatic heterocycles. The van der Waals surface area contributed by atoms with Gasteiger partial charge in [-0.1, -0.05) is 49.8 Å². The van der Waals surface area contributed by atoms with Crippen LogP contribution in [0, 0.1) is 0 Å². The maximum atomic E-state index is 11.6. The van der Waals surface area contributed by atoms with Gasteiger partial charge in [0.1, 0.15) is 5.78 Å². The molecule has 2 heteroatoms. The van der Waals surface area contributed by atoms with Crippen LogP contribution in [-0.2, 0) is 4.79 Å². The summed E-state index contributed by atoms with van der Waals surface area (Å²) in [7, 11) is 0. The van der Waals surface area contributed by atoms with Gasteiger partial charge in [-0.3, -0.25) is 4.79 Å². The summed E-state index contributed by atoms with van der Waals surface area (Å²) in [5.74, 6) is 0.144. The van der Waals surface area contributed by atoms with E-state index >= 15 is 0 Å². The first-order valence-electron chi connectivity index (χ1n) is 6.56. The Hall–Kier alpha value is -1.41. The van der Waals surface area contributed by atoms with E-state index in [1.165, 1.54) is 0 Å². The van der Waals surface area contributed by atoms with E-state index in [0.29, 0.717) is 6.42 Å². The van der Waals surface area contributed by atoms with E-state index in [0.717, 1.165) is 24.0 Å². The fraction of sp³-hybridized carbons (Fsp3) is 0.438. The lowest BCUT2D eigenvalue weighted by Crippen LogP contribution is -2.14. The Labute approximate surface area is 109 Å². The van der Waals surface area contributed by atoms with Gasteiger partial charge in [0.05, 0.1) is 6.10 Å². The highest BCUT2D eigenvalue weighted by atomic mass is 16.3. The second-order valence-corrected chi connectivity index (χ2v) is 4.66. The molecule has 2 nitrogen and oxygen atoms in total. The van der Waals surface area contributed by atoms with Crippen LogP contribution in [0.25, 0.3) is 6.08 Å². The van der Waals surface area contributed by atoms with E-state index in [2.05, 4.69) is 6.92 Å². The van der Waals surface area contributed by atoms with E-state index in [-0.39, 0.29) is 12.2 Å². The topological polar surface area (TPSA) is 37.3 Å². The van der Waals surface area contributed by atoms with E-state index < -0.39 is 6.10 Å². The number of hydrogen-bond donors (Lipinski definition) is 1. The average molecular weight is 246 g/mol. The van der Waals surface area contributed by atoms with Gasteiger partial charge in [0.15, 0.2) is 0 Å². The van der Waals surface area contributed by atoms with Crippen LogP contribution < -0.4 is 0 Å². The molecule has 0 amide bonds. The maximum absolute atomic E-state index is 11.6. The number of unbranched alkanes of at least 4 members (excludes halogenated alkanes) is 1. The molecule has 0 saturated carbocycles. The zero-order chi connectivity index (χ0) is 13.4. The molecule has 0 radical (unpaired) electrons. The number of carbonyl (C=O) groups is 1.